The Morgan fingerprint density at radius 3 is 3.20 bits per heavy atom. The summed E-state index contributed by atoms with van der Waals surface area (Å²) in [5.74, 6) is 0. The van der Waals surface area contributed by atoms with Crippen molar-refractivity contribution in [1.82, 2.24) is 4.98 Å². The van der Waals surface area contributed by atoms with Crippen molar-refractivity contribution in [2.75, 3.05) is 7.11 Å². The summed E-state index contributed by atoms with van der Waals surface area (Å²) in [7, 11) is 1.56. The predicted octanol–water partition coefficient (Wildman–Crippen LogP) is 2.05. The van der Waals surface area contributed by atoms with Gasteiger partial charge in [0.15, 0.2) is 9.42 Å². The molecule has 1 aromatic heterocycles. The molecule has 0 fully saturated rings. The van der Waals surface area contributed by atoms with E-state index in [0.29, 0.717) is 0 Å². The van der Waals surface area contributed by atoms with Crippen molar-refractivity contribution >= 4 is 45.3 Å². The van der Waals surface area contributed by atoms with Gasteiger partial charge in [0.05, 0.1) is 13.3 Å². The van der Waals surface area contributed by atoms with Crippen LogP contribution in [0.25, 0.3) is 0 Å². The molecule has 1 heterocycles. The summed E-state index contributed by atoms with van der Waals surface area (Å²) in [4.78, 5) is 7.95. The van der Waals surface area contributed by atoms with E-state index in [1.54, 1.807) is 13.3 Å². The highest BCUT2D eigenvalue weighted by Gasteiger charge is 1.93. The first-order valence-corrected chi connectivity index (χ1v) is 4.39. The van der Waals surface area contributed by atoms with Gasteiger partial charge in [-0.25, -0.2) is 9.98 Å². The Bertz CT molecular complexity index is 235. The molecule has 0 aliphatic carbocycles. The molecule has 0 unspecified atom stereocenters. The van der Waals surface area contributed by atoms with Crippen molar-refractivity contribution in [2.24, 2.45) is 4.99 Å². The Labute approximate surface area is 76.3 Å². The lowest BCUT2D eigenvalue weighted by Gasteiger charge is -1.82. The van der Waals surface area contributed by atoms with Gasteiger partial charge in [-0.15, -0.1) is 0 Å². The lowest BCUT2D eigenvalue weighted by molar-refractivity contribution is 0.423. The van der Waals surface area contributed by atoms with Gasteiger partial charge in [-0.3, -0.25) is 0 Å². The molecule has 0 atom stereocenters. The molecule has 0 saturated heterocycles. The van der Waals surface area contributed by atoms with E-state index in [1.807, 2.05) is 0 Å². The molecular formula is C5H5IN2OS. The van der Waals surface area contributed by atoms with Gasteiger partial charge in [-0.2, -0.15) is 0 Å². The molecule has 5 heteroatoms. The number of hydrogen-bond donors (Lipinski definition) is 0. The lowest BCUT2D eigenvalue weighted by atomic mass is 10.9. The minimum absolute atomic E-state index is 0.867. The molecule has 1 aromatic rings. The van der Waals surface area contributed by atoms with Gasteiger partial charge in [0.25, 0.3) is 0 Å². The standard InChI is InChI=1S/C5H5IN2OS/c1-9-3-8-4-2-7-5(6)10-4/h2-3H,1H3. The molecule has 0 amide bonds. The normalized spacial score (nSPS) is 10.6. The van der Waals surface area contributed by atoms with E-state index < -0.39 is 0 Å². The average molecular weight is 268 g/mol. The fraction of sp³-hybridized carbons (Fsp3) is 0.200. The van der Waals surface area contributed by atoms with Gasteiger partial charge in [0.1, 0.15) is 5.00 Å². The van der Waals surface area contributed by atoms with Gasteiger partial charge in [0, 0.05) is 0 Å². The van der Waals surface area contributed by atoms with E-state index in [9.17, 15) is 0 Å². The number of ether oxygens (including phenoxy) is 1. The van der Waals surface area contributed by atoms with Crippen molar-refractivity contribution in [2.45, 2.75) is 0 Å². The number of halogens is 1. The van der Waals surface area contributed by atoms with Gasteiger partial charge in [-0.1, -0.05) is 11.3 Å². The van der Waals surface area contributed by atoms with Crippen molar-refractivity contribution in [3.8, 4) is 0 Å². The second-order valence-corrected chi connectivity index (χ2v) is 4.18. The monoisotopic (exact) mass is 268 g/mol. The summed E-state index contributed by atoms with van der Waals surface area (Å²) < 4.78 is 5.63. The lowest BCUT2D eigenvalue weighted by Crippen LogP contribution is -1.71. The minimum Gasteiger partial charge on any atom is -0.486 e. The van der Waals surface area contributed by atoms with Crippen LogP contribution in [0.1, 0.15) is 0 Å². The van der Waals surface area contributed by atoms with E-state index in [2.05, 4.69) is 37.3 Å². The maximum absolute atomic E-state index is 4.64. The molecule has 1 rings (SSSR count). The van der Waals surface area contributed by atoms with Crippen LogP contribution in [-0.4, -0.2) is 18.5 Å². The van der Waals surface area contributed by atoms with Gasteiger partial charge < -0.3 is 4.74 Å². The first-order valence-electron chi connectivity index (χ1n) is 2.49. The molecule has 0 radical (unpaired) electrons. The summed E-state index contributed by atoms with van der Waals surface area (Å²) in [5, 5.41) is 0.867. The largest absolute Gasteiger partial charge is 0.486 e. The first kappa shape index (κ1) is 7.93. The Morgan fingerprint density at radius 2 is 2.70 bits per heavy atom. The van der Waals surface area contributed by atoms with Crippen molar-refractivity contribution < 1.29 is 4.74 Å². The third kappa shape index (κ3) is 2.22. The molecule has 0 spiro atoms. The van der Waals surface area contributed by atoms with Gasteiger partial charge in [0.2, 0.25) is 0 Å². The van der Waals surface area contributed by atoms with Crippen LogP contribution in [0.3, 0.4) is 0 Å². The first-order chi connectivity index (χ1) is 4.83. The molecule has 0 bridgehead atoms. The molecule has 0 aliphatic heterocycles. The van der Waals surface area contributed by atoms with Crippen LogP contribution in [0.4, 0.5) is 5.00 Å². The summed E-state index contributed by atoms with van der Waals surface area (Å²) in [6, 6.07) is 0. The molecule has 0 aliphatic rings. The molecule has 0 saturated carbocycles. The van der Waals surface area contributed by atoms with Crippen LogP contribution >= 0.6 is 33.9 Å². The van der Waals surface area contributed by atoms with E-state index in [-0.39, 0.29) is 0 Å². The maximum atomic E-state index is 4.64. The molecule has 3 nitrogen and oxygen atoms in total. The zero-order valence-electron chi connectivity index (χ0n) is 5.24. The predicted molar refractivity (Wildman–Crippen MR) is 50.0 cm³/mol. The smallest absolute Gasteiger partial charge is 0.175 e. The topological polar surface area (TPSA) is 34.5 Å². The maximum Gasteiger partial charge on any atom is 0.175 e. The van der Waals surface area contributed by atoms with Gasteiger partial charge >= 0.3 is 0 Å². The number of nitrogens with zero attached hydrogens (tertiary/aromatic N) is 2. The van der Waals surface area contributed by atoms with Crippen molar-refractivity contribution in [3.63, 3.8) is 0 Å². The molecular weight excluding hydrogens is 263 g/mol. The fourth-order valence-corrected chi connectivity index (χ4v) is 1.70. The molecule has 0 N–H and O–H groups in total. The number of aliphatic imine (C=N–C) groups is 1. The van der Waals surface area contributed by atoms with Crippen LogP contribution in [-0.2, 0) is 4.74 Å². The number of methoxy groups -OCH3 is 1. The van der Waals surface area contributed by atoms with Crippen LogP contribution in [0.5, 0.6) is 0 Å². The zero-order chi connectivity index (χ0) is 7.40. The van der Waals surface area contributed by atoms with Crippen LogP contribution < -0.4 is 0 Å². The summed E-state index contributed by atoms with van der Waals surface area (Å²) in [6.07, 6.45) is 3.10. The Kier molecular flexibility index (Phi) is 3.07. The Balaban J connectivity index is 2.67. The Morgan fingerprint density at radius 1 is 1.90 bits per heavy atom. The highest BCUT2D eigenvalue weighted by molar-refractivity contribution is 14.1. The van der Waals surface area contributed by atoms with Crippen molar-refractivity contribution in [1.29, 1.82) is 0 Å². The van der Waals surface area contributed by atoms with Gasteiger partial charge in [-0.05, 0) is 22.6 Å². The van der Waals surface area contributed by atoms with Crippen molar-refractivity contribution in [3.05, 3.63) is 9.21 Å². The summed E-state index contributed by atoms with van der Waals surface area (Å²) in [6.45, 7) is 0. The average Bonchev–Trinajstić information content (AvgIpc) is 2.31. The third-order valence-corrected chi connectivity index (χ3v) is 2.38. The molecule has 54 valence electrons. The van der Waals surface area contributed by atoms with E-state index in [4.69, 9.17) is 0 Å². The van der Waals surface area contributed by atoms with E-state index in [1.165, 1.54) is 17.7 Å². The zero-order valence-corrected chi connectivity index (χ0v) is 8.22. The molecule has 0 aromatic carbocycles. The quantitative estimate of drug-likeness (QED) is 0.467. The number of hydrogen-bond acceptors (Lipinski definition) is 4. The minimum atomic E-state index is 0.867. The highest BCUT2D eigenvalue weighted by atomic mass is 127. The fourth-order valence-electron chi connectivity index (χ4n) is 0.409. The molecule has 10 heavy (non-hydrogen) atoms. The third-order valence-electron chi connectivity index (χ3n) is 0.751. The summed E-state index contributed by atoms with van der Waals surface area (Å²) in [5.41, 5.74) is 0. The highest BCUT2D eigenvalue weighted by Crippen LogP contribution is 2.22. The second kappa shape index (κ2) is 3.87. The SMILES string of the molecule is COC=Nc1cnc(I)s1. The second-order valence-electron chi connectivity index (χ2n) is 1.42. The number of thiazole rings is 1. The number of aromatic nitrogens is 1. The van der Waals surface area contributed by atoms with E-state index >= 15 is 0 Å². The Hall–Kier alpha value is -0.170. The summed E-state index contributed by atoms with van der Waals surface area (Å²) >= 11 is 3.67. The van der Waals surface area contributed by atoms with Crippen LogP contribution in [0.15, 0.2) is 11.2 Å². The van der Waals surface area contributed by atoms with E-state index in [0.717, 1.165) is 8.02 Å². The van der Waals surface area contributed by atoms with Crippen LogP contribution in [0, 0.1) is 3.01 Å². The van der Waals surface area contributed by atoms with Crippen LogP contribution in [0.2, 0.25) is 0 Å². The number of rotatable bonds is 2.